The van der Waals surface area contributed by atoms with Crippen LogP contribution in [0.4, 0.5) is 0 Å². The van der Waals surface area contributed by atoms with Crippen molar-refractivity contribution < 1.29 is 13.2 Å². The summed E-state index contributed by atoms with van der Waals surface area (Å²) in [6.45, 7) is 7.35. The van der Waals surface area contributed by atoms with Crippen LogP contribution in [0.25, 0.3) is 0 Å². The Kier molecular flexibility index (Phi) is 10.7. The molecular weight excluding hydrogens is 455 g/mol. The zero-order valence-corrected chi connectivity index (χ0v) is 18.2. The van der Waals surface area contributed by atoms with Gasteiger partial charge in [0.25, 0.3) is 0 Å². The van der Waals surface area contributed by atoms with Gasteiger partial charge in [-0.1, -0.05) is 12.1 Å². The molecule has 0 atom stereocenters. The molecule has 7 nitrogen and oxygen atoms in total. The molecule has 3 N–H and O–H groups in total. The Labute approximate surface area is 167 Å². The largest absolute Gasteiger partial charge is 0.357 e. The standard InChI is InChI=1S/C16H26N4O3S.HI/c1-5-17-15(21)11-20-16(18-6-2)19-10-13-7-8-14(12(3)9-13)24(4,22)23;/h7-9H,5-6,10-11H2,1-4H3,(H,17,21)(H2,18,19,20);1H. The monoisotopic (exact) mass is 482 g/mol. The first-order chi connectivity index (χ1) is 11.3. The quantitative estimate of drug-likeness (QED) is 0.308. The zero-order valence-electron chi connectivity index (χ0n) is 15.0. The van der Waals surface area contributed by atoms with Gasteiger partial charge < -0.3 is 16.0 Å². The van der Waals surface area contributed by atoms with Crippen molar-refractivity contribution in [3.05, 3.63) is 29.3 Å². The second kappa shape index (κ2) is 11.3. The van der Waals surface area contributed by atoms with E-state index in [1.807, 2.05) is 19.9 Å². The molecule has 0 fully saturated rings. The number of guanidine groups is 1. The van der Waals surface area contributed by atoms with E-state index >= 15 is 0 Å². The Bertz CT molecular complexity index is 705. The summed E-state index contributed by atoms with van der Waals surface area (Å²) in [6.07, 6.45) is 1.20. The van der Waals surface area contributed by atoms with Gasteiger partial charge in [-0.25, -0.2) is 13.4 Å². The second-order valence-corrected chi connectivity index (χ2v) is 7.36. The van der Waals surface area contributed by atoms with Crippen molar-refractivity contribution in [3.63, 3.8) is 0 Å². The number of nitrogens with one attached hydrogen (secondary N) is 3. The molecule has 1 amide bonds. The molecule has 0 aliphatic rings. The minimum Gasteiger partial charge on any atom is -0.357 e. The average Bonchev–Trinajstić information content (AvgIpc) is 2.49. The van der Waals surface area contributed by atoms with Crippen molar-refractivity contribution in [2.24, 2.45) is 4.99 Å². The van der Waals surface area contributed by atoms with E-state index < -0.39 is 9.84 Å². The zero-order chi connectivity index (χ0) is 18.2. The maximum atomic E-state index is 11.6. The molecule has 1 aromatic rings. The smallest absolute Gasteiger partial charge is 0.239 e. The highest BCUT2D eigenvalue weighted by atomic mass is 127. The average molecular weight is 482 g/mol. The van der Waals surface area contributed by atoms with Crippen LogP contribution in [0, 0.1) is 6.92 Å². The fourth-order valence-corrected chi connectivity index (χ4v) is 3.12. The lowest BCUT2D eigenvalue weighted by molar-refractivity contribution is -0.119. The van der Waals surface area contributed by atoms with Gasteiger partial charge in [0.15, 0.2) is 15.8 Å². The highest BCUT2D eigenvalue weighted by molar-refractivity contribution is 14.0. The minimum atomic E-state index is -3.22. The number of amides is 1. The lowest BCUT2D eigenvalue weighted by Gasteiger charge is -2.11. The molecule has 0 heterocycles. The minimum absolute atomic E-state index is 0. The van der Waals surface area contributed by atoms with Crippen LogP contribution in [0.1, 0.15) is 25.0 Å². The molecule has 0 radical (unpaired) electrons. The first kappa shape index (κ1) is 23.6. The van der Waals surface area contributed by atoms with E-state index in [1.54, 1.807) is 19.1 Å². The molecule has 0 saturated heterocycles. The molecule has 25 heavy (non-hydrogen) atoms. The number of nitrogens with zero attached hydrogens (tertiary/aromatic N) is 1. The van der Waals surface area contributed by atoms with Crippen LogP contribution in [-0.2, 0) is 21.2 Å². The normalized spacial score (nSPS) is 11.4. The summed E-state index contributed by atoms with van der Waals surface area (Å²) in [6, 6.07) is 5.16. The molecule has 9 heteroatoms. The van der Waals surface area contributed by atoms with E-state index in [0.29, 0.717) is 36.1 Å². The molecule has 0 spiro atoms. The van der Waals surface area contributed by atoms with Gasteiger partial charge >= 0.3 is 0 Å². The molecule has 1 aromatic carbocycles. The van der Waals surface area contributed by atoms with Crippen molar-refractivity contribution in [2.45, 2.75) is 32.2 Å². The summed E-state index contributed by atoms with van der Waals surface area (Å²) >= 11 is 0. The topological polar surface area (TPSA) is 99.7 Å². The summed E-state index contributed by atoms with van der Waals surface area (Å²) in [4.78, 5) is 16.2. The Hall–Kier alpha value is -1.36. The third kappa shape index (κ3) is 8.52. The number of aliphatic imine (C=N–C) groups is 1. The fraction of sp³-hybridized carbons (Fsp3) is 0.500. The molecule has 0 aromatic heterocycles. The summed E-state index contributed by atoms with van der Waals surface area (Å²) < 4.78 is 23.3. The van der Waals surface area contributed by atoms with Crippen LogP contribution in [0.3, 0.4) is 0 Å². The van der Waals surface area contributed by atoms with Gasteiger partial charge in [-0.05, 0) is 38.0 Å². The third-order valence-electron chi connectivity index (χ3n) is 3.19. The molecular formula is C16H27IN4O3S. The first-order valence-corrected chi connectivity index (χ1v) is 9.75. The van der Waals surface area contributed by atoms with Crippen molar-refractivity contribution in [1.82, 2.24) is 16.0 Å². The first-order valence-electron chi connectivity index (χ1n) is 7.86. The maximum Gasteiger partial charge on any atom is 0.239 e. The Balaban J connectivity index is 0.00000576. The Morgan fingerprint density at radius 3 is 2.28 bits per heavy atom. The molecule has 0 bridgehead atoms. The number of halogens is 1. The van der Waals surface area contributed by atoms with Gasteiger partial charge in [-0.15, -0.1) is 24.0 Å². The van der Waals surface area contributed by atoms with Gasteiger partial charge in [0.1, 0.15) is 0 Å². The van der Waals surface area contributed by atoms with Gasteiger partial charge in [0.2, 0.25) is 5.91 Å². The van der Waals surface area contributed by atoms with Gasteiger partial charge in [-0.2, -0.15) is 0 Å². The number of aryl methyl sites for hydroxylation is 1. The van der Waals surface area contributed by atoms with Crippen LogP contribution in [0.15, 0.2) is 28.1 Å². The number of benzene rings is 1. The molecule has 0 aliphatic heterocycles. The predicted molar refractivity (Wildman–Crippen MR) is 111 cm³/mol. The molecule has 1 rings (SSSR count). The number of hydrogen-bond acceptors (Lipinski definition) is 4. The lowest BCUT2D eigenvalue weighted by atomic mass is 10.1. The lowest BCUT2D eigenvalue weighted by Crippen LogP contribution is -2.43. The van der Waals surface area contributed by atoms with Crippen molar-refractivity contribution in [3.8, 4) is 0 Å². The van der Waals surface area contributed by atoms with E-state index in [4.69, 9.17) is 0 Å². The molecule has 0 saturated carbocycles. The van der Waals surface area contributed by atoms with Crippen LogP contribution in [0.2, 0.25) is 0 Å². The van der Waals surface area contributed by atoms with Crippen molar-refractivity contribution in [2.75, 3.05) is 25.9 Å². The van der Waals surface area contributed by atoms with Crippen LogP contribution in [0.5, 0.6) is 0 Å². The number of hydrogen-bond donors (Lipinski definition) is 3. The number of sulfone groups is 1. The van der Waals surface area contributed by atoms with Crippen LogP contribution < -0.4 is 16.0 Å². The van der Waals surface area contributed by atoms with Gasteiger partial charge in [-0.3, -0.25) is 4.79 Å². The maximum absolute atomic E-state index is 11.6. The SMILES string of the molecule is CCNC(=O)CNC(=NCc1ccc(S(C)(=O)=O)c(C)c1)NCC.I. The third-order valence-corrected chi connectivity index (χ3v) is 4.45. The Morgan fingerprint density at radius 1 is 1.12 bits per heavy atom. The summed E-state index contributed by atoms with van der Waals surface area (Å²) in [5.41, 5.74) is 1.60. The molecule has 0 unspecified atom stereocenters. The summed E-state index contributed by atoms with van der Waals surface area (Å²) in [5, 5.41) is 8.72. The van der Waals surface area contributed by atoms with E-state index in [9.17, 15) is 13.2 Å². The highest BCUT2D eigenvalue weighted by Gasteiger charge is 2.10. The van der Waals surface area contributed by atoms with Gasteiger partial charge in [0, 0.05) is 19.3 Å². The summed E-state index contributed by atoms with van der Waals surface area (Å²) in [5.74, 6) is 0.435. The van der Waals surface area contributed by atoms with E-state index in [-0.39, 0.29) is 36.4 Å². The molecule has 142 valence electrons. The van der Waals surface area contributed by atoms with Crippen molar-refractivity contribution in [1.29, 1.82) is 0 Å². The van der Waals surface area contributed by atoms with Gasteiger partial charge in [0.05, 0.1) is 18.0 Å². The Morgan fingerprint density at radius 2 is 1.76 bits per heavy atom. The fourth-order valence-electron chi connectivity index (χ4n) is 2.16. The van der Waals surface area contributed by atoms with Crippen LogP contribution >= 0.6 is 24.0 Å². The van der Waals surface area contributed by atoms with Crippen molar-refractivity contribution >= 4 is 45.7 Å². The van der Waals surface area contributed by atoms with E-state index in [2.05, 4.69) is 20.9 Å². The molecule has 0 aliphatic carbocycles. The summed E-state index contributed by atoms with van der Waals surface area (Å²) in [7, 11) is -3.22. The van der Waals surface area contributed by atoms with E-state index in [1.165, 1.54) is 6.26 Å². The number of rotatable bonds is 7. The van der Waals surface area contributed by atoms with Crippen LogP contribution in [-0.4, -0.2) is 46.2 Å². The highest BCUT2D eigenvalue weighted by Crippen LogP contribution is 2.17. The number of carbonyl (C=O) groups is 1. The second-order valence-electron chi connectivity index (χ2n) is 5.37. The van der Waals surface area contributed by atoms with E-state index in [0.717, 1.165) is 5.56 Å². The predicted octanol–water partition coefficient (Wildman–Crippen LogP) is 1.21. The number of carbonyl (C=O) groups excluding carboxylic acids is 1. The number of likely N-dealkylation sites (N-methyl/N-ethyl adjacent to an activating group) is 1.